The van der Waals surface area contributed by atoms with Crippen LogP contribution in [0.3, 0.4) is 0 Å². The Kier molecular flexibility index (Phi) is 3.93. The van der Waals surface area contributed by atoms with Crippen LogP contribution in [0.15, 0.2) is 79.1 Å². The summed E-state index contributed by atoms with van der Waals surface area (Å²) in [6.07, 6.45) is 3.88. The van der Waals surface area contributed by atoms with Crippen LogP contribution in [-0.2, 0) is 5.32 Å². The van der Waals surface area contributed by atoms with Crippen LogP contribution in [0.2, 0.25) is 0 Å². The van der Waals surface area contributed by atoms with Crippen LogP contribution in [0.4, 0.5) is 0 Å². The average molecular weight is 364 g/mol. The van der Waals surface area contributed by atoms with Crippen molar-refractivity contribution in [3.05, 3.63) is 84.7 Å². The van der Waals surface area contributed by atoms with Gasteiger partial charge in [-0.05, 0) is 0 Å². The van der Waals surface area contributed by atoms with Crippen molar-refractivity contribution >= 4 is 25.1 Å². The number of pyridine rings is 2. The van der Waals surface area contributed by atoms with Crippen molar-refractivity contribution in [1.29, 1.82) is 0 Å². The van der Waals surface area contributed by atoms with Gasteiger partial charge >= 0.3 is 141 Å². The van der Waals surface area contributed by atoms with Gasteiger partial charge in [0.25, 0.3) is 0 Å². The molecule has 0 aliphatic heterocycles. The van der Waals surface area contributed by atoms with Crippen LogP contribution in [0.25, 0.3) is 17.0 Å². The molecule has 4 aromatic rings. The third-order valence-corrected chi connectivity index (χ3v) is 5.83. The molecule has 4 rings (SSSR count). The van der Waals surface area contributed by atoms with E-state index in [1.165, 1.54) is 15.7 Å². The van der Waals surface area contributed by atoms with E-state index < -0.39 is 0 Å². The molecule has 0 spiro atoms. The third-order valence-electron chi connectivity index (χ3n) is 3.63. The first kappa shape index (κ1) is 14.2. The quantitative estimate of drug-likeness (QED) is 0.521. The molecule has 0 atom stereocenters. The fraction of sp³-hybridized carbons (Fsp3) is 0.0526. The molecule has 0 N–H and O–H groups in total. The Morgan fingerprint density at radius 2 is 1.70 bits per heavy atom. The van der Waals surface area contributed by atoms with Gasteiger partial charge in [-0.3, -0.25) is 0 Å². The number of hydrogen-bond acceptors (Lipinski definition) is 2. The zero-order valence-corrected chi connectivity index (χ0v) is 14.2. The summed E-state index contributed by atoms with van der Waals surface area (Å²) >= 11 is 0.293. The number of benzene rings is 1. The Labute approximate surface area is 141 Å². The third kappa shape index (κ3) is 2.91. The van der Waals surface area contributed by atoms with Crippen LogP contribution in [0.1, 0.15) is 5.56 Å². The summed E-state index contributed by atoms with van der Waals surface area (Å²) in [4.78, 5) is 9.36. The molecule has 23 heavy (non-hydrogen) atoms. The van der Waals surface area contributed by atoms with Crippen molar-refractivity contribution in [2.45, 2.75) is 5.32 Å². The van der Waals surface area contributed by atoms with Crippen molar-refractivity contribution in [2.75, 3.05) is 0 Å². The number of fused-ring (bicyclic) bond motifs is 1. The molecule has 0 bridgehead atoms. The molecule has 3 aromatic heterocycles. The molecule has 112 valence electrons. The van der Waals surface area contributed by atoms with Crippen LogP contribution < -0.4 is 4.59 Å². The minimum absolute atomic E-state index is 0.293. The molecule has 0 amide bonds. The maximum atomic E-state index is 4.90. The second-order valence-electron chi connectivity index (χ2n) is 5.19. The molecule has 1 aromatic carbocycles. The summed E-state index contributed by atoms with van der Waals surface area (Å²) in [5, 5.41) is 1.05. The van der Waals surface area contributed by atoms with Crippen molar-refractivity contribution in [3.63, 3.8) is 0 Å². The first-order valence-corrected chi connectivity index (χ1v) is 9.54. The molecule has 0 aliphatic rings. The average Bonchev–Trinajstić information content (AvgIpc) is 3.01. The second-order valence-corrected chi connectivity index (χ2v) is 7.21. The predicted molar refractivity (Wildman–Crippen MR) is 94.0 cm³/mol. The van der Waals surface area contributed by atoms with Gasteiger partial charge in [0.15, 0.2) is 0 Å². The summed E-state index contributed by atoms with van der Waals surface area (Å²) in [6, 6.07) is 22.8. The molecular formula is C19H15N3Se. The minimum atomic E-state index is 0.293. The molecule has 3 nitrogen and oxygen atoms in total. The molecule has 0 saturated heterocycles. The van der Waals surface area contributed by atoms with Gasteiger partial charge in [-0.15, -0.1) is 0 Å². The first-order valence-electron chi connectivity index (χ1n) is 7.47. The van der Waals surface area contributed by atoms with E-state index in [4.69, 9.17) is 4.98 Å². The maximum absolute atomic E-state index is 4.90. The molecule has 0 fully saturated rings. The molecule has 0 unspecified atom stereocenters. The number of aromatic nitrogens is 3. The van der Waals surface area contributed by atoms with E-state index in [1.54, 1.807) is 0 Å². The SMILES string of the molecule is c1ccc(C[Se]c2nc(-c3ccccn3)n3ccccc23)cc1. The predicted octanol–water partition coefficient (Wildman–Crippen LogP) is 2.93. The van der Waals surface area contributed by atoms with E-state index in [-0.39, 0.29) is 0 Å². The zero-order chi connectivity index (χ0) is 15.5. The molecule has 0 radical (unpaired) electrons. The topological polar surface area (TPSA) is 30.2 Å². The van der Waals surface area contributed by atoms with Gasteiger partial charge in [-0.25, -0.2) is 0 Å². The van der Waals surface area contributed by atoms with Crippen molar-refractivity contribution in [2.24, 2.45) is 0 Å². The second kappa shape index (κ2) is 6.37. The Bertz CT molecular complexity index is 917. The van der Waals surface area contributed by atoms with E-state index in [2.05, 4.69) is 58.0 Å². The van der Waals surface area contributed by atoms with E-state index in [9.17, 15) is 0 Å². The Morgan fingerprint density at radius 3 is 2.52 bits per heavy atom. The molecule has 4 heteroatoms. The summed E-state index contributed by atoms with van der Waals surface area (Å²) in [5.41, 5.74) is 3.46. The van der Waals surface area contributed by atoms with Gasteiger partial charge in [-0.1, -0.05) is 0 Å². The standard InChI is InChI=1S/C19H15N3Se/c1-2-8-15(9-3-1)14-23-19-17-11-5-7-13-22(17)18(21-19)16-10-4-6-12-20-16/h1-13H,14H2. The monoisotopic (exact) mass is 365 g/mol. The Hall–Kier alpha value is -2.42. The van der Waals surface area contributed by atoms with Crippen molar-refractivity contribution in [1.82, 2.24) is 14.4 Å². The van der Waals surface area contributed by atoms with E-state index in [1.807, 2.05) is 30.5 Å². The number of imidazole rings is 1. The summed E-state index contributed by atoms with van der Waals surface area (Å²) in [6.45, 7) is 0. The summed E-state index contributed by atoms with van der Waals surface area (Å²) in [7, 11) is 0. The summed E-state index contributed by atoms with van der Waals surface area (Å²) < 4.78 is 3.33. The van der Waals surface area contributed by atoms with Gasteiger partial charge in [0.2, 0.25) is 0 Å². The van der Waals surface area contributed by atoms with Gasteiger partial charge in [-0.2, -0.15) is 0 Å². The first-order chi connectivity index (χ1) is 11.4. The zero-order valence-electron chi connectivity index (χ0n) is 12.5. The van der Waals surface area contributed by atoms with Crippen LogP contribution in [0, 0.1) is 0 Å². The summed E-state index contributed by atoms with van der Waals surface area (Å²) in [5.74, 6) is 0.922. The number of hydrogen-bond donors (Lipinski definition) is 0. The van der Waals surface area contributed by atoms with Gasteiger partial charge in [0.1, 0.15) is 0 Å². The molecule has 0 saturated carbocycles. The van der Waals surface area contributed by atoms with E-state index >= 15 is 0 Å². The van der Waals surface area contributed by atoms with E-state index in [0.29, 0.717) is 15.0 Å². The normalized spacial score (nSPS) is 11.0. The number of nitrogens with zero attached hydrogens (tertiary/aromatic N) is 3. The Balaban J connectivity index is 1.73. The van der Waals surface area contributed by atoms with Gasteiger partial charge in [0, 0.05) is 0 Å². The fourth-order valence-corrected chi connectivity index (χ4v) is 4.53. The fourth-order valence-electron chi connectivity index (χ4n) is 2.52. The van der Waals surface area contributed by atoms with E-state index in [0.717, 1.165) is 16.8 Å². The van der Waals surface area contributed by atoms with Crippen LogP contribution in [-0.4, -0.2) is 29.3 Å². The molecule has 0 aliphatic carbocycles. The van der Waals surface area contributed by atoms with Gasteiger partial charge in [0.05, 0.1) is 0 Å². The van der Waals surface area contributed by atoms with Crippen LogP contribution in [0.5, 0.6) is 0 Å². The van der Waals surface area contributed by atoms with Gasteiger partial charge < -0.3 is 0 Å². The van der Waals surface area contributed by atoms with Crippen molar-refractivity contribution < 1.29 is 0 Å². The van der Waals surface area contributed by atoms with Crippen LogP contribution >= 0.6 is 0 Å². The van der Waals surface area contributed by atoms with Crippen molar-refractivity contribution in [3.8, 4) is 11.5 Å². The molecular weight excluding hydrogens is 349 g/mol. The molecule has 3 heterocycles. The number of rotatable bonds is 4. The Morgan fingerprint density at radius 1 is 0.870 bits per heavy atom.